The van der Waals surface area contributed by atoms with Crippen LogP contribution in [0.5, 0.6) is 0 Å². The van der Waals surface area contributed by atoms with Gasteiger partial charge in [0, 0.05) is 45.1 Å². The summed E-state index contributed by atoms with van der Waals surface area (Å²) in [4.78, 5) is 21.7. The molecule has 1 fully saturated rings. The standard InChI is InChI=1S/C18H23N5O2/c24-18(22-7-9-25-10-8-22)15-11-21(13-16-3-1-2-5-19-16)14-17-4-6-20-23(17)12-15/h1-6,15H,7-14H2. The first kappa shape index (κ1) is 16.2. The number of carbonyl (C=O) groups is 1. The number of pyridine rings is 1. The van der Waals surface area contributed by atoms with E-state index in [1.54, 1.807) is 0 Å². The minimum absolute atomic E-state index is 0.0945. The van der Waals surface area contributed by atoms with Crippen molar-refractivity contribution in [2.75, 3.05) is 32.8 Å². The zero-order valence-corrected chi connectivity index (χ0v) is 14.3. The number of ether oxygens (including phenoxy) is 1. The van der Waals surface area contributed by atoms with Gasteiger partial charge < -0.3 is 9.64 Å². The van der Waals surface area contributed by atoms with Gasteiger partial charge in [0.15, 0.2) is 0 Å². The summed E-state index contributed by atoms with van der Waals surface area (Å²) in [6.07, 6.45) is 3.63. The molecule has 7 heteroatoms. The molecule has 2 aliphatic heterocycles. The van der Waals surface area contributed by atoms with Crippen LogP contribution in [0.2, 0.25) is 0 Å². The second kappa shape index (κ2) is 7.33. The Hall–Kier alpha value is -2.25. The summed E-state index contributed by atoms with van der Waals surface area (Å²) in [6.45, 7) is 5.49. The average molecular weight is 341 g/mol. The van der Waals surface area contributed by atoms with Crippen molar-refractivity contribution in [3.8, 4) is 0 Å². The fourth-order valence-corrected chi connectivity index (χ4v) is 3.57. The Kier molecular flexibility index (Phi) is 4.76. The lowest BCUT2D eigenvalue weighted by Crippen LogP contribution is -2.46. The summed E-state index contributed by atoms with van der Waals surface area (Å²) in [7, 11) is 0. The molecule has 7 nitrogen and oxygen atoms in total. The zero-order chi connectivity index (χ0) is 17.1. The predicted octanol–water partition coefficient (Wildman–Crippen LogP) is 0.769. The van der Waals surface area contributed by atoms with E-state index in [1.165, 1.54) is 0 Å². The van der Waals surface area contributed by atoms with E-state index in [2.05, 4.69) is 15.0 Å². The van der Waals surface area contributed by atoms with Crippen molar-refractivity contribution < 1.29 is 9.53 Å². The summed E-state index contributed by atoms with van der Waals surface area (Å²) in [5.41, 5.74) is 2.17. The van der Waals surface area contributed by atoms with Crippen molar-refractivity contribution in [1.82, 2.24) is 24.6 Å². The molecule has 0 saturated carbocycles. The van der Waals surface area contributed by atoms with Crippen LogP contribution in [0.15, 0.2) is 36.7 Å². The van der Waals surface area contributed by atoms with Gasteiger partial charge in [0.1, 0.15) is 0 Å². The minimum Gasteiger partial charge on any atom is -0.378 e. The lowest BCUT2D eigenvalue weighted by atomic mass is 10.1. The number of rotatable bonds is 3. The number of morpholine rings is 1. The van der Waals surface area contributed by atoms with E-state index in [1.807, 2.05) is 46.2 Å². The van der Waals surface area contributed by atoms with Gasteiger partial charge in [-0.05, 0) is 18.2 Å². The zero-order valence-electron chi connectivity index (χ0n) is 14.3. The first-order chi connectivity index (χ1) is 12.3. The molecule has 2 aromatic rings. The minimum atomic E-state index is -0.0945. The summed E-state index contributed by atoms with van der Waals surface area (Å²) >= 11 is 0. The van der Waals surface area contributed by atoms with Crippen LogP contribution in [0.1, 0.15) is 11.4 Å². The van der Waals surface area contributed by atoms with E-state index < -0.39 is 0 Å². The van der Waals surface area contributed by atoms with Crippen LogP contribution >= 0.6 is 0 Å². The number of nitrogens with zero attached hydrogens (tertiary/aromatic N) is 5. The molecule has 4 heterocycles. The van der Waals surface area contributed by atoms with Gasteiger partial charge in [-0.3, -0.25) is 19.4 Å². The maximum Gasteiger partial charge on any atom is 0.229 e. The highest BCUT2D eigenvalue weighted by atomic mass is 16.5. The lowest BCUT2D eigenvalue weighted by Gasteiger charge is -2.31. The summed E-state index contributed by atoms with van der Waals surface area (Å²) in [6, 6.07) is 7.99. The first-order valence-electron chi connectivity index (χ1n) is 8.79. The van der Waals surface area contributed by atoms with Crippen molar-refractivity contribution >= 4 is 5.91 Å². The highest BCUT2D eigenvalue weighted by Gasteiger charge is 2.31. The molecule has 0 aromatic carbocycles. The highest BCUT2D eigenvalue weighted by Crippen LogP contribution is 2.20. The Balaban J connectivity index is 1.53. The van der Waals surface area contributed by atoms with Crippen LogP contribution in [-0.4, -0.2) is 63.3 Å². The molecule has 1 amide bonds. The molecular weight excluding hydrogens is 318 g/mol. The number of aromatic nitrogens is 3. The van der Waals surface area contributed by atoms with Gasteiger partial charge in [0.2, 0.25) is 5.91 Å². The third-order valence-electron chi connectivity index (χ3n) is 4.85. The summed E-state index contributed by atoms with van der Waals surface area (Å²) in [5.74, 6) is 0.112. The molecule has 0 bridgehead atoms. The van der Waals surface area contributed by atoms with Crippen molar-refractivity contribution in [1.29, 1.82) is 0 Å². The molecule has 0 radical (unpaired) electrons. The van der Waals surface area contributed by atoms with E-state index >= 15 is 0 Å². The Labute approximate surface area is 147 Å². The van der Waals surface area contributed by atoms with Crippen molar-refractivity contribution in [2.24, 2.45) is 5.92 Å². The fourth-order valence-electron chi connectivity index (χ4n) is 3.57. The second-order valence-corrected chi connectivity index (χ2v) is 6.63. The molecule has 4 rings (SSSR count). The smallest absolute Gasteiger partial charge is 0.229 e. The van der Waals surface area contributed by atoms with Crippen molar-refractivity contribution in [2.45, 2.75) is 19.6 Å². The predicted molar refractivity (Wildman–Crippen MR) is 91.5 cm³/mol. The van der Waals surface area contributed by atoms with Gasteiger partial charge >= 0.3 is 0 Å². The van der Waals surface area contributed by atoms with Crippen molar-refractivity contribution in [3.63, 3.8) is 0 Å². The quantitative estimate of drug-likeness (QED) is 0.825. The average Bonchev–Trinajstić information content (AvgIpc) is 3.01. The monoisotopic (exact) mass is 341 g/mol. The van der Waals surface area contributed by atoms with Crippen LogP contribution in [0.3, 0.4) is 0 Å². The Morgan fingerprint density at radius 2 is 2.04 bits per heavy atom. The maximum atomic E-state index is 13.0. The van der Waals surface area contributed by atoms with E-state index in [0.29, 0.717) is 32.8 Å². The molecule has 25 heavy (non-hydrogen) atoms. The normalized spacial score (nSPS) is 21.6. The number of carbonyl (C=O) groups excluding carboxylic acids is 1. The van der Waals surface area contributed by atoms with Crippen molar-refractivity contribution in [3.05, 3.63) is 48.0 Å². The lowest BCUT2D eigenvalue weighted by molar-refractivity contribution is -0.140. The van der Waals surface area contributed by atoms with E-state index in [4.69, 9.17) is 4.74 Å². The number of fused-ring (bicyclic) bond motifs is 1. The molecular formula is C18H23N5O2. The van der Waals surface area contributed by atoms with Gasteiger partial charge in [-0.2, -0.15) is 5.10 Å². The summed E-state index contributed by atoms with van der Waals surface area (Å²) in [5, 5.41) is 4.41. The molecule has 0 aliphatic carbocycles. The van der Waals surface area contributed by atoms with E-state index in [-0.39, 0.29) is 11.8 Å². The Morgan fingerprint density at radius 3 is 2.84 bits per heavy atom. The molecule has 132 valence electrons. The molecule has 0 spiro atoms. The molecule has 0 N–H and O–H groups in total. The third kappa shape index (κ3) is 3.72. The van der Waals surface area contributed by atoms with Gasteiger partial charge in [-0.15, -0.1) is 0 Å². The summed E-state index contributed by atoms with van der Waals surface area (Å²) < 4.78 is 7.35. The van der Waals surface area contributed by atoms with Crippen LogP contribution in [0.4, 0.5) is 0 Å². The molecule has 1 atom stereocenters. The van der Waals surface area contributed by atoms with Crippen LogP contribution in [-0.2, 0) is 29.2 Å². The Bertz CT molecular complexity index is 711. The number of hydrogen-bond acceptors (Lipinski definition) is 5. The van der Waals surface area contributed by atoms with Crippen LogP contribution < -0.4 is 0 Å². The number of amides is 1. The van der Waals surface area contributed by atoms with Crippen LogP contribution in [0.25, 0.3) is 0 Å². The number of hydrogen-bond donors (Lipinski definition) is 0. The largest absolute Gasteiger partial charge is 0.378 e. The third-order valence-corrected chi connectivity index (χ3v) is 4.85. The van der Waals surface area contributed by atoms with E-state index in [9.17, 15) is 4.79 Å². The van der Waals surface area contributed by atoms with E-state index in [0.717, 1.165) is 31.0 Å². The SMILES string of the molecule is O=C(C1CN(Cc2ccccn2)Cc2ccnn2C1)N1CCOCC1. The maximum absolute atomic E-state index is 13.0. The van der Waals surface area contributed by atoms with Crippen LogP contribution in [0, 0.1) is 5.92 Å². The topological polar surface area (TPSA) is 63.5 Å². The molecule has 1 unspecified atom stereocenters. The molecule has 2 aromatic heterocycles. The second-order valence-electron chi connectivity index (χ2n) is 6.63. The highest BCUT2D eigenvalue weighted by molar-refractivity contribution is 5.79. The van der Waals surface area contributed by atoms with Gasteiger partial charge in [-0.25, -0.2) is 0 Å². The van der Waals surface area contributed by atoms with Gasteiger partial charge in [0.25, 0.3) is 0 Å². The van der Waals surface area contributed by atoms with Gasteiger partial charge in [-0.1, -0.05) is 6.07 Å². The fraction of sp³-hybridized carbons (Fsp3) is 0.500. The Morgan fingerprint density at radius 1 is 1.16 bits per heavy atom. The molecule has 1 saturated heterocycles. The molecule has 2 aliphatic rings. The first-order valence-corrected chi connectivity index (χ1v) is 8.79. The van der Waals surface area contributed by atoms with Gasteiger partial charge in [0.05, 0.1) is 37.1 Å².